The van der Waals surface area contributed by atoms with Crippen LogP contribution < -0.4 is 9.64 Å². The normalized spacial score (nSPS) is 10.9. The fourth-order valence-corrected chi connectivity index (χ4v) is 3.75. The number of thiophene rings is 1. The van der Waals surface area contributed by atoms with E-state index in [0.717, 1.165) is 34.0 Å². The van der Waals surface area contributed by atoms with E-state index in [1.165, 1.54) is 4.70 Å². The van der Waals surface area contributed by atoms with Crippen molar-refractivity contribution in [2.24, 2.45) is 0 Å². The van der Waals surface area contributed by atoms with Crippen molar-refractivity contribution in [1.29, 1.82) is 0 Å². The van der Waals surface area contributed by atoms with Crippen LogP contribution in [0.15, 0.2) is 64.7 Å². The molecule has 120 valence electrons. The van der Waals surface area contributed by atoms with Crippen LogP contribution >= 0.6 is 11.3 Å². The Morgan fingerprint density at radius 2 is 2.08 bits per heavy atom. The molecule has 0 fully saturated rings. The quantitative estimate of drug-likeness (QED) is 0.505. The maximum absolute atomic E-state index is 5.53. The number of hydrogen-bond acceptors (Lipinski definition) is 5. The van der Waals surface area contributed by atoms with Gasteiger partial charge in [-0.05, 0) is 35.2 Å². The van der Waals surface area contributed by atoms with Gasteiger partial charge in [0.05, 0.1) is 13.4 Å². The highest BCUT2D eigenvalue weighted by molar-refractivity contribution is 7.17. The second-order valence-electron chi connectivity index (χ2n) is 5.40. The zero-order chi connectivity index (χ0) is 16.5. The van der Waals surface area contributed by atoms with Gasteiger partial charge in [-0.3, -0.25) is 4.90 Å². The molecule has 0 aliphatic heterocycles. The molecule has 0 saturated carbocycles. The molecular weight excluding hydrogens is 320 g/mol. The van der Waals surface area contributed by atoms with E-state index in [1.54, 1.807) is 24.7 Å². The Morgan fingerprint density at radius 3 is 2.88 bits per heavy atom. The zero-order valence-corrected chi connectivity index (χ0v) is 14.2. The van der Waals surface area contributed by atoms with Crippen LogP contribution in [0.5, 0.6) is 5.75 Å². The summed E-state index contributed by atoms with van der Waals surface area (Å²) in [7, 11) is 3.65. The van der Waals surface area contributed by atoms with Crippen LogP contribution in [-0.2, 0) is 0 Å². The summed E-state index contributed by atoms with van der Waals surface area (Å²) in [5.41, 5.74) is 2.26. The van der Waals surface area contributed by atoms with Crippen molar-refractivity contribution in [3.8, 4) is 16.9 Å². The number of furan rings is 1. The highest BCUT2D eigenvalue weighted by Gasteiger charge is 2.17. The number of fused-ring (bicyclic) bond motifs is 1. The van der Waals surface area contributed by atoms with Crippen molar-refractivity contribution >= 4 is 33.1 Å². The smallest absolute Gasteiger partial charge is 0.200 e. The Hall–Kier alpha value is -2.79. The van der Waals surface area contributed by atoms with E-state index in [1.807, 2.05) is 54.5 Å². The third kappa shape index (κ3) is 2.43. The summed E-state index contributed by atoms with van der Waals surface area (Å²) >= 11 is 1.71. The van der Waals surface area contributed by atoms with Gasteiger partial charge < -0.3 is 9.15 Å². The van der Waals surface area contributed by atoms with Crippen LogP contribution in [0.1, 0.15) is 0 Å². The predicted octanol–water partition coefficient (Wildman–Crippen LogP) is 5.33. The Morgan fingerprint density at radius 1 is 1.17 bits per heavy atom. The van der Waals surface area contributed by atoms with E-state index >= 15 is 0 Å². The largest absolute Gasteiger partial charge is 0.497 e. The third-order valence-electron chi connectivity index (χ3n) is 4.00. The second-order valence-corrected chi connectivity index (χ2v) is 6.31. The number of nitrogens with zero attached hydrogens (tertiary/aromatic N) is 2. The lowest BCUT2D eigenvalue weighted by atomic mass is 10.0. The Kier molecular flexibility index (Phi) is 3.70. The molecular formula is C19H16N2O2S. The molecule has 5 heteroatoms. The molecule has 0 N–H and O–H groups in total. The minimum absolute atomic E-state index is 0.762. The summed E-state index contributed by atoms with van der Waals surface area (Å²) in [6, 6.07) is 13.9. The summed E-state index contributed by atoms with van der Waals surface area (Å²) in [4.78, 5) is 6.58. The Bertz CT molecular complexity index is 976. The van der Waals surface area contributed by atoms with Gasteiger partial charge in [0.15, 0.2) is 0 Å². The average Bonchev–Trinajstić information content (AvgIpc) is 3.30. The van der Waals surface area contributed by atoms with Crippen molar-refractivity contribution in [3.63, 3.8) is 0 Å². The van der Waals surface area contributed by atoms with Gasteiger partial charge in [-0.15, -0.1) is 11.3 Å². The molecule has 0 saturated heterocycles. The van der Waals surface area contributed by atoms with Crippen LogP contribution in [0.25, 0.3) is 21.2 Å². The van der Waals surface area contributed by atoms with Gasteiger partial charge in [-0.25, -0.2) is 4.98 Å². The number of aromatic nitrogens is 1. The van der Waals surface area contributed by atoms with Gasteiger partial charge in [-0.1, -0.05) is 12.1 Å². The van der Waals surface area contributed by atoms with E-state index < -0.39 is 0 Å². The lowest BCUT2D eigenvalue weighted by molar-refractivity contribution is 0.415. The predicted molar refractivity (Wildman–Crippen MR) is 98.4 cm³/mol. The summed E-state index contributed by atoms with van der Waals surface area (Å²) in [5.74, 6) is 2.48. The number of hydrogen-bond donors (Lipinski definition) is 0. The lowest BCUT2D eigenvalue weighted by Crippen LogP contribution is -2.10. The minimum atomic E-state index is 0.762. The summed E-state index contributed by atoms with van der Waals surface area (Å²) in [5, 5.41) is 3.29. The van der Waals surface area contributed by atoms with Crippen molar-refractivity contribution in [2.45, 2.75) is 0 Å². The van der Waals surface area contributed by atoms with Crippen LogP contribution in [0, 0.1) is 0 Å². The lowest BCUT2D eigenvalue weighted by Gasteiger charge is -2.17. The molecule has 4 aromatic rings. The monoisotopic (exact) mass is 336 g/mol. The first kappa shape index (κ1) is 14.8. The standard InChI is InChI=1S/C19H16N2O2S/c1-21(17-7-4-10-23-17)19-18-15(12-24-16(18)8-9-20-19)13-5-3-6-14(11-13)22-2/h3-12H,1-2H3. The molecule has 24 heavy (non-hydrogen) atoms. The van der Waals surface area contributed by atoms with Gasteiger partial charge in [0, 0.05) is 35.0 Å². The van der Waals surface area contributed by atoms with Gasteiger partial charge in [0.1, 0.15) is 11.6 Å². The third-order valence-corrected chi connectivity index (χ3v) is 4.95. The Labute approximate surface area is 143 Å². The van der Waals surface area contributed by atoms with Gasteiger partial charge in [0.25, 0.3) is 0 Å². The van der Waals surface area contributed by atoms with E-state index in [9.17, 15) is 0 Å². The van der Waals surface area contributed by atoms with E-state index in [0.29, 0.717) is 0 Å². The van der Waals surface area contributed by atoms with Crippen LogP contribution in [0.3, 0.4) is 0 Å². The minimum Gasteiger partial charge on any atom is -0.497 e. The van der Waals surface area contributed by atoms with E-state index in [2.05, 4.69) is 16.4 Å². The first-order chi connectivity index (χ1) is 11.8. The maximum atomic E-state index is 5.53. The number of ether oxygens (including phenoxy) is 1. The summed E-state index contributed by atoms with van der Waals surface area (Å²) in [6.07, 6.45) is 3.51. The maximum Gasteiger partial charge on any atom is 0.200 e. The topological polar surface area (TPSA) is 38.5 Å². The van der Waals surface area contributed by atoms with Crippen LogP contribution in [0.4, 0.5) is 11.7 Å². The van der Waals surface area contributed by atoms with Crippen molar-refractivity contribution in [3.05, 3.63) is 60.3 Å². The second kappa shape index (κ2) is 6.02. The first-order valence-corrected chi connectivity index (χ1v) is 8.44. The van der Waals surface area contributed by atoms with Crippen molar-refractivity contribution < 1.29 is 9.15 Å². The number of pyridine rings is 1. The molecule has 0 aliphatic carbocycles. The molecule has 0 aliphatic rings. The van der Waals surface area contributed by atoms with Gasteiger partial charge >= 0.3 is 0 Å². The highest BCUT2D eigenvalue weighted by Crippen LogP contribution is 2.40. The molecule has 0 unspecified atom stereocenters. The molecule has 0 radical (unpaired) electrons. The van der Waals surface area contributed by atoms with Crippen molar-refractivity contribution in [1.82, 2.24) is 4.98 Å². The molecule has 0 spiro atoms. The van der Waals surface area contributed by atoms with E-state index in [4.69, 9.17) is 9.15 Å². The molecule has 0 amide bonds. The summed E-state index contributed by atoms with van der Waals surface area (Å²) < 4.78 is 12.1. The number of rotatable bonds is 4. The van der Waals surface area contributed by atoms with Crippen LogP contribution in [0.2, 0.25) is 0 Å². The molecule has 0 bridgehead atoms. The zero-order valence-electron chi connectivity index (χ0n) is 13.4. The number of anilines is 2. The molecule has 1 aromatic carbocycles. The average molecular weight is 336 g/mol. The van der Waals surface area contributed by atoms with Gasteiger partial charge in [0.2, 0.25) is 5.88 Å². The molecule has 3 heterocycles. The fraction of sp³-hybridized carbons (Fsp3) is 0.105. The molecule has 3 aromatic heterocycles. The Balaban J connectivity index is 1.91. The van der Waals surface area contributed by atoms with Gasteiger partial charge in [-0.2, -0.15) is 0 Å². The highest BCUT2D eigenvalue weighted by atomic mass is 32.1. The first-order valence-electron chi connectivity index (χ1n) is 7.56. The van der Waals surface area contributed by atoms with Crippen LogP contribution in [-0.4, -0.2) is 19.1 Å². The number of benzene rings is 1. The number of methoxy groups -OCH3 is 1. The van der Waals surface area contributed by atoms with E-state index in [-0.39, 0.29) is 0 Å². The fourth-order valence-electron chi connectivity index (χ4n) is 2.79. The van der Waals surface area contributed by atoms with Crippen molar-refractivity contribution in [2.75, 3.05) is 19.1 Å². The molecule has 4 rings (SSSR count). The summed E-state index contributed by atoms with van der Waals surface area (Å²) in [6.45, 7) is 0. The SMILES string of the molecule is COc1cccc(-c2csc3ccnc(N(C)c4ccco4)c23)c1. The molecule has 0 atom stereocenters. The molecule has 4 nitrogen and oxygen atoms in total.